The molecule has 15 heavy (non-hydrogen) atoms. The molecule has 1 aromatic rings. The number of rotatable bonds is 3. The molecule has 0 aliphatic heterocycles. The van der Waals surface area contributed by atoms with E-state index < -0.39 is 10.1 Å². The van der Waals surface area contributed by atoms with Gasteiger partial charge >= 0.3 is 0 Å². The van der Waals surface area contributed by atoms with Gasteiger partial charge in [0.15, 0.2) is 4.91 Å². The Bertz CT molecular complexity index is 447. The van der Waals surface area contributed by atoms with Crippen LogP contribution in [0.1, 0.15) is 5.56 Å². The van der Waals surface area contributed by atoms with E-state index >= 15 is 0 Å². The lowest BCUT2D eigenvalue weighted by Gasteiger charge is -2.02. The van der Waals surface area contributed by atoms with Crippen LogP contribution in [0.25, 0.3) is 4.91 Å². The highest BCUT2D eigenvalue weighted by molar-refractivity contribution is 8.05. The Labute approximate surface area is 92.9 Å². The van der Waals surface area contributed by atoms with Gasteiger partial charge in [0.05, 0.1) is 0 Å². The maximum absolute atomic E-state index is 10.8. The van der Waals surface area contributed by atoms with Crippen molar-refractivity contribution in [2.45, 2.75) is 0 Å². The minimum Gasteiger partial charge on any atom is -0.282 e. The standard InChI is InChI=1S/C10H12O3S2/c1-14(2)10(8-15(11,12)13)9-6-4-3-5-7-9/h3-8H,1-2H3/p+1/b10-8+. The van der Waals surface area contributed by atoms with Crippen molar-refractivity contribution in [3.8, 4) is 0 Å². The van der Waals surface area contributed by atoms with Crippen molar-refractivity contribution in [1.29, 1.82) is 0 Å². The molecule has 1 N–H and O–H groups in total. The zero-order chi connectivity index (χ0) is 11.5. The van der Waals surface area contributed by atoms with E-state index in [0.717, 1.165) is 11.0 Å². The van der Waals surface area contributed by atoms with E-state index in [1.807, 2.05) is 42.8 Å². The molecule has 0 radical (unpaired) electrons. The van der Waals surface area contributed by atoms with E-state index in [1.165, 1.54) is 0 Å². The van der Waals surface area contributed by atoms with Crippen LogP contribution in [0.5, 0.6) is 0 Å². The van der Waals surface area contributed by atoms with Gasteiger partial charge in [0.2, 0.25) is 0 Å². The topological polar surface area (TPSA) is 54.4 Å². The fourth-order valence-electron chi connectivity index (χ4n) is 1.14. The van der Waals surface area contributed by atoms with E-state index in [1.54, 1.807) is 0 Å². The zero-order valence-electron chi connectivity index (χ0n) is 8.54. The quantitative estimate of drug-likeness (QED) is 0.652. The highest BCUT2D eigenvalue weighted by atomic mass is 32.2. The van der Waals surface area contributed by atoms with Gasteiger partial charge in [-0.3, -0.25) is 4.55 Å². The third-order valence-corrected chi connectivity index (χ3v) is 3.67. The SMILES string of the molecule is C[S+](C)/C(=C/S(=O)(=O)O)c1ccccc1. The lowest BCUT2D eigenvalue weighted by atomic mass is 10.2. The first-order chi connectivity index (χ1) is 6.90. The van der Waals surface area contributed by atoms with Gasteiger partial charge in [-0.2, -0.15) is 8.42 Å². The lowest BCUT2D eigenvalue weighted by molar-refractivity contribution is 0.494. The third kappa shape index (κ3) is 4.07. The number of benzene rings is 1. The fraction of sp³-hybridized carbons (Fsp3) is 0.200. The Kier molecular flexibility index (Phi) is 3.96. The molecule has 0 atom stereocenters. The molecule has 0 aliphatic carbocycles. The molecule has 0 amide bonds. The highest BCUT2D eigenvalue weighted by Gasteiger charge is 2.18. The van der Waals surface area contributed by atoms with Gasteiger partial charge in [-0.05, 0) is 12.1 Å². The van der Waals surface area contributed by atoms with Crippen LogP contribution >= 0.6 is 0 Å². The first-order valence-electron chi connectivity index (χ1n) is 4.22. The summed E-state index contributed by atoms with van der Waals surface area (Å²) < 4.78 is 30.4. The van der Waals surface area contributed by atoms with Crippen molar-refractivity contribution < 1.29 is 13.0 Å². The van der Waals surface area contributed by atoms with Crippen LogP contribution in [0.4, 0.5) is 0 Å². The Hall–Kier alpha value is -0.780. The Morgan fingerprint density at radius 3 is 2.20 bits per heavy atom. The van der Waals surface area contributed by atoms with E-state index in [0.29, 0.717) is 4.91 Å². The summed E-state index contributed by atoms with van der Waals surface area (Å²) in [5, 5.41) is 0.922. The molecule has 5 heteroatoms. The lowest BCUT2D eigenvalue weighted by Crippen LogP contribution is -2.02. The molecule has 0 saturated heterocycles. The normalized spacial score (nSPS) is 13.2. The summed E-state index contributed by atoms with van der Waals surface area (Å²) in [4.78, 5) is 0.637. The third-order valence-electron chi connectivity index (χ3n) is 1.75. The monoisotopic (exact) mass is 245 g/mol. The molecule has 0 fully saturated rings. The Morgan fingerprint density at radius 1 is 1.27 bits per heavy atom. The van der Waals surface area contributed by atoms with Gasteiger partial charge in [0.1, 0.15) is 17.9 Å². The summed E-state index contributed by atoms with van der Waals surface area (Å²) in [5.41, 5.74) is 0.823. The Morgan fingerprint density at radius 2 is 1.80 bits per heavy atom. The molecule has 0 saturated carbocycles. The van der Waals surface area contributed by atoms with Crippen molar-refractivity contribution in [3.63, 3.8) is 0 Å². The number of hydrogen-bond acceptors (Lipinski definition) is 2. The van der Waals surface area contributed by atoms with Gasteiger partial charge < -0.3 is 0 Å². The first kappa shape index (κ1) is 12.3. The van der Waals surface area contributed by atoms with Crippen LogP contribution in [0, 0.1) is 0 Å². The van der Waals surface area contributed by atoms with Crippen LogP contribution in [0.15, 0.2) is 35.7 Å². The minimum atomic E-state index is -4.07. The summed E-state index contributed by atoms with van der Waals surface area (Å²) in [6.07, 6.45) is 3.81. The molecular weight excluding hydrogens is 232 g/mol. The largest absolute Gasteiger partial charge is 0.292 e. The fourth-order valence-corrected chi connectivity index (χ4v) is 3.29. The van der Waals surface area contributed by atoms with Crippen molar-refractivity contribution in [2.75, 3.05) is 12.5 Å². The second-order valence-electron chi connectivity index (χ2n) is 3.18. The van der Waals surface area contributed by atoms with Crippen LogP contribution < -0.4 is 0 Å². The predicted octanol–water partition coefficient (Wildman–Crippen LogP) is 1.75. The highest BCUT2D eigenvalue weighted by Crippen LogP contribution is 2.21. The van der Waals surface area contributed by atoms with Gasteiger partial charge in [0, 0.05) is 16.5 Å². The summed E-state index contributed by atoms with van der Waals surface area (Å²) in [5.74, 6) is 0. The predicted molar refractivity (Wildman–Crippen MR) is 65.2 cm³/mol. The molecule has 0 aliphatic rings. The van der Waals surface area contributed by atoms with E-state index in [-0.39, 0.29) is 10.9 Å². The van der Waals surface area contributed by atoms with Crippen molar-refractivity contribution >= 4 is 25.9 Å². The van der Waals surface area contributed by atoms with E-state index in [9.17, 15) is 8.42 Å². The smallest absolute Gasteiger partial charge is 0.282 e. The molecule has 0 heterocycles. The molecule has 0 bridgehead atoms. The molecule has 82 valence electrons. The van der Waals surface area contributed by atoms with E-state index in [4.69, 9.17) is 4.55 Å². The van der Waals surface area contributed by atoms with Crippen molar-refractivity contribution in [3.05, 3.63) is 41.3 Å². The summed E-state index contributed by atoms with van der Waals surface area (Å²) >= 11 is 0. The molecule has 0 spiro atoms. The molecular formula is C10H13O3S2+. The zero-order valence-corrected chi connectivity index (χ0v) is 10.2. The van der Waals surface area contributed by atoms with Crippen LogP contribution in [0.3, 0.4) is 0 Å². The molecule has 0 aromatic heterocycles. The Balaban J connectivity index is 3.22. The first-order valence-corrected chi connectivity index (χ1v) is 7.77. The molecule has 1 rings (SSSR count). The average molecular weight is 245 g/mol. The van der Waals surface area contributed by atoms with Crippen LogP contribution in [0.2, 0.25) is 0 Å². The minimum absolute atomic E-state index is 0.229. The number of hydrogen-bond donors (Lipinski definition) is 1. The van der Waals surface area contributed by atoms with E-state index in [2.05, 4.69) is 0 Å². The van der Waals surface area contributed by atoms with Crippen LogP contribution in [-0.2, 0) is 21.0 Å². The van der Waals surface area contributed by atoms with Crippen LogP contribution in [-0.4, -0.2) is 25.5 Å². The summed E-state index contributed by atoms with van der Waals surface area (Å²) in [7, 11) is -4.30. The summed E-state index contributed by atoms with van der Waals surface area (Å²) in [6, 6.07) is 9.17. The maximum atomic E-state index is 10.8. The molecule has 3 nitrogen and oxygen atoms in total. The van der Waals surface area contributed by atoms with Gasteiger partial charge in [-0.25, -0.2) is 0 Å². The molecule has 1 aromatic carbocycles. The second kappa shape index (κ2) is 4.83. The summed E-state index contributed by atoms with van der Waals surface area (Å²) in [6.45, 7) is 0. The maximum Gasteiger partial charge on any atom is 0.292 e. The van der Waals surface area contributed by atoms with Crippen molar-refractivity contribution in [1.82, 2.24) is 0 Å². The van der Waals surface area contributed by atoms with Crippen molar-refractivity contribution in [2.24, 2.45) is 0 Å². The van der Waals surface area contributed by atoms with Gasteiger partial charge in [-0.15, -0.1) is 0 Å². The van der Waals surface area contributed by atoms with Gasteiger partial charge in [-0.1, -0.05) is 18.2 Å². The van der Waals surface area contributed by atoms with Gasteiger partial charge in [0.25, 0.3) is 10.1 Å². The second-order valence-corrected chi connectivity index (χ2v) is 6.52. The molecule has 0 unspecified atom stereocenters. The average Bonchev–Trinajstić information content (AvgIpc) is 2.14.